The molecule has 2 aromatic carbocycles. The normalized spacial score (nSPS) is 20.1. The van der Waals surface area contributed by atoms with Gasteiger partial charge in [-0.3, -0.25) is 14.9 Å². The van der Waals surface area contributed by atoms with E-state index >= 15 is 0 Å². The van der Waals surface area contributed by atoms with Crippen LogP contribution in [0.15, 0.2) is 54.7 Å². The van der Waals surface area contributed by atoms with Crippen LogP contribution in [0.4, 0.5) is 4.39 Å². The highest BCUT2D eigenvalue weighted by atomic mass is 19.1. The molecular weight excluding hydrogens is 409 g/mol. The van der Waals surface area contributed by atoms with Gasteiger partial charge in [0.25, 0.3) is 5.91 Å². The summed E-state index contributed by atoms with van der Waals surface area (Å²) in [6.45, 7) is 4.12. The molecule has 2 heterocycles. The zero-order valence-electron chi connectivity index (χ0n) is 17.7. The number of nitrogens with one attached hydrogen (secondary N) is 2. The molecule has 0 radical (unpaired) electrons. The van der Waals surface area contributed by atoms with Crippen molar-refractivity contribution in [3.05, 3.63) is 88.8 Å². The Labute approximate surface area is 185 Å². The zero-order chi connectivity index (χ0) is 22.1. The second-order valence-corrected chi connectivity index (χ2v) is 8.57. The number of hydroxylamine groups is 1. The first-order chi connectivity index (χ1) is 15.6. The minimum absolute atomic E-state index is 0.192. The minimum atomic E-state index is -0.507. The summed E-state index contributed by atoms with van der Waals surface area (Å²) in [4.78, 5) is 18.6. The average molecular weight is 436 g/mol. The fourth-order valence-electron chi connectivity index (χ4n) is 4.40. The van der Waals surface area contributed by atoms with Crippen LogP contribution < -0.4 is 10.8 Å². The maximum Gasteiger partial charge on any atom is 0.274 e. The maximum absolute atomic E-state index is 13.1. The monoisotopic (exact) mass is 435 g/mol. The number of aromatic nitrogens is 2. The van der Waals surface area contributed by atoms with Crippen LogP contribution >= 0.6 is 0 Å². The first kappa shape index (κ1) is 20.8. The Morgan fingerprint density at radius 1 is 1.12 bits per heavy atom. The van der Waals surface area contributed by atoms with Crippen molar-refractivity contribution in [2.45, 2.75) is 44.6 Å². The van der Waals surface area contributed by atoms with Crippen molar-refractivity contribution in [2.75, 3.05) is 6.54 Å². The predicted octanol–water partition coefficient (Wildman–Crippen LogP) is 2.80. The highest BCUT2D eigenvalue weighted by molar-refractivity contribution is 5.93. The van der Waals surface area contributed by atoms with E-state index in [-0.39, 0.29) is 5.82 Å². The lowest BCUT2D eigenvalue weighted by molar-refractivity contribution is 0.0706. The van der Waals surface area contributed by atoms with E-state index in [0.29, 0.717) is 17.5 Å². The quantitative estimate of drug-likeness (QED) is 0.393. The topological polar surface area (TPSA) is 82.4 Å². The fourth-order valence-corrected chi connectivity index (χ4v) is 4.40. The van der Waals surface area contributed by atoms with E-state index in [1.54, 1.807) is 17.6 Å². The Morgan fingerprint density at radius 3 is 2.66 bits per heavy atom. The summed E-state index contributed by atoms with van der Waals surface area (Å²) >= 11 is 0. The van der Waals surface area contributed by atoms with Crippen LogP contribution in [0.5, 0.6) is 0 Å². The number of carbonyl (C=O) groups excluding carboxylic acids is 1. The maximum atomic E-state index is 13.1. The van der Waals surface area contributed by atoms with Crippen LogP contribution in [0, 0.1) is 5.82 Å². The highest BCUT2D eigenvalue weighted by Crippen LogP contribution is 2.40. The third kappa shape index (κ3) is 4.57. The van der Waals surface area contributed by atoms with E-state index in [1.165, 1.54) is 17.7 Å². The molecule has 5 rings (SSSR count). The van der Waals surface area contributed by atoms with Gasteiger partial charge in [0.05, 0.1) is 12.2 Å². The fraction of sp³-hybridized carbons (Fsp3) is 0.333. The molecule has 1 aliphatic carbocycles. The largest absolute Gasteiger partial charge is 0.332 e. The molecule has 0 bridgehead atoms. The standard InChI is InChI=1S/C24H26FN5O2/c25-19-7-5-17(6-8-19)21-11-22(21)26-12-20-14-30-10-9-29(15-23(30)27-20)13-16-1-3-18(4-2-16)24(31)28-32/h1-8,14,21-22,26,32H,9-13,15H2,(H,28,31). The van der Waals surface area contributed by atoms with Gasteiger partial charge in [0, 0.05) is 49.9 Å². The first-order valence-electron chi connectivity index (χ1n) is 10.9. The number of carbonyl (C=O) groups is 1. The lowest BCUT2D eigenvalue weighted by atomic mass is 10.1. The molecule has 2 atom stereocenters. The Bertz CT molecular complexity index is 1100. The second-order valence-electron chi connectivity index (χ2n) is 8.57. The van der Waals surface area contributed by atoms with Gasteiger partial charge in [-0.25, -0.2) is 14.9 Å². The van der Waals surface area contributed by atoms with Gasteiger partial charge >= 0.3 is 0 Å². The highest BCUT2D eigenvalue weighted by Gasteiger charge is 2.37. The van der Waals surface area contributed by atoms with Crippen molar-refractivity contribution in [1.29, 1.82) is 0 Å². The smallest absolute Gasteiger partial charge is 0.274 e. The molecule has 2 unspecified atom stereocenters. The van der Waals surface area contributed by atoms with Gasteiger partial charge in [-0.15, -0.1) is 0 Å². The molecule has 0 saturated heterocycles. The molecule has 1 aliphatic heterocycles. The van der Waals surface area contributed by atoms with E-state index in [4.69, 9.17) is 10.2 Å². The SMILES string of the molecule is O=C(NO)c1ccc(CN2CCn3cc(CNC4CC4c4ccc(F)cc4)nc3C2)cc1. The van der Waals surface area contributed by atoms with Crippen LogP contribution in [0.1, 0.15) is 45.3 Å². The molecule has 3 aromatic rings. The summed E-state index contributed by atoms with van der Waals surface area (Å²) < 4.78 is 15.3. The number of benzene rings is 2. The molecule has 2 aliphatic rings. The van der Waals surface area contributed by atoms with Gasteiger partial charge in [-0.05, 0) is 41.8 Å². The summed E-state index contributed by atoms with van der Waals surface area (Å²) in [6, 6.07) is 14.5. The van der Waals surface area contributed by atoms with Crippen molar-refractivity contribution < 1.29 is 14.4 Å². The number of hydrogen-bond acceptors (Lipinski definition) is 5. The van der Waals surface area contributed by atoms with Crippen molar-refractivity contribution in [2.24, 2.45) is 0 Å². The van der Waals surface area contributed by atoms with Gasteiger partial charge in [0.2, 0.25) is 0 Å². The number of fused-ring (bicyclic) bond motifs is 1. The van der Waals surface area contributed by atoms with Crippen LogP contribution in [0.25, 0.3) is 0 Å². The third-order valence-corrected chi connectivity index (χ3v) is 6.29. The number of amides is 1. The molecule has 1 fully saturated rings. The van der Waals surface area contributed by atoms with Gasteiger partial charge in [-0.1, -0.05) is 24.3 Å². The lowest BCUT2D eigenvalue weighted by Gasteiger charge is -2.27. The van der Waals surface area contributed by atoms with E-state index in [1.807, 2.05) is 24.3 Å². The summed E-state index contributed by atoms with van der Waals surface area (Å²) in [5, 5.41) is 12.3. The van der Waals surface area contributed by atoms with Crippen molar-refractivity contribution in [3.8, 4) is 0 Å². The number of rotatable bonds is 7. The van der Waals surface area contributed by atoms with Crippen molar-refractivity contribution in [3.63, 3.8) is 0 Å². The van der Waals surface area contributed by atoms with Gasteiger partial charge < -0.3 is 9.88 Å². The number of imidazole rings is 1. The van der Waals surface area contributed by atoms with Crippen LogP contribution in [-0.4, -0.2) is 38.2 Å². The van der Waals surface area contributed by atoms with Crippen LogP contribution in [0.3, 0.4) is 0 Å². The van der Waals surface area contributed by atoms with Crippen LogP contribution in [0.2, 0.25) is 0 Å². The summed E-state index contributed by atoms with van der Waals surface area (Å²) in [7, 11) is 0. The molecule has 1 amide bonds. The van der Waals surface area contributed by atoms with Crippen molar-refractivity contribution >= 4 is 5.91 Å². The van der Waals surface area contributed by atoms with Crippen LogP contribution in [-0.2, 0) is 26.2 Å². The van der Waals surface area contributed by atoms with Gasteiger partial charge in [0.1, 0.15) is 11.6 Å². The number of hydrogen-bond donors (Lipinski definition) is 3. The van der Waals surface area contributed by atoms with E-state index < -0.39 is 5.91 Å². The molecule has 1 aromatic heterocycles. The number of nitrogens with zero attached hydrogens (tertiary/aromatic N) is 3. The Hall–Kier alpha value is -3.07. The molecule has 8 heteroatoms. The van der Waals surface area contributed by atoms with E-state index in [0.717, 1.165) is 56.2 Å². The molecule has 1 saturated carbocycles. The van der Waals surface area contributed by atoms with E-state index in [2.05, 4.69) is 21.0 Å². The molecule has 3 N–H and O–H groups in total. The van der Waals surface area contributed by atoms with E-state index in [9.17, 15) is 9.18 Å². The third-order valence-electron chi connectivity index (χ3n) is 6.29. The summed E-state index contributed by atoms with van der Waals surface area (Å²) in [5.41, 5.74) is 5.43. The lowest BCUT2D eigenvalue weighted by Crippen LogP contribution is -2.33. The van der Waals surface area contributed by atoms with Gasteiger partial charge in [-0.2, -0.15) is 0 Å². The molecule has 166 valence electrons. The molecule has 7 nitrogen and oxygen atoms in total. The predicted molar refractivity (Wildman–Crippen MR) is 116 cm³/mol. The van der Waals surface area contributed by atoms with Gasteiger partial charge in [0.15, 0.2) is 0 Å². The molecule has 32 heavy (non-hydrogen) atoms. The Kier molecular flexibility index (Phi) is 5.73. The summed E-state index contributed by atoms with van der Waals surface area (Å²) in [5.74, 6) is 0.823. The molecule has 0 spiro atoms. The average Bonchev–Trinajstić information content (AvgIpc) is 3.48. The minimum Gasteiger partial charge on any atom is -0.332 e. The Morgan fingerprint density at radius 2 is 1.91 bits per heavy atom. The molecular formula is C24H26FN5O2. The Balaban J connectivity index is 1.13. The summed E-state index contributed by atoms with van der Waals surface area (Å²) in [6.07, 6.45) is 3.21. The zero-order valence-corrected chi connectivity index (χ0v) is 17.7. The first-order valence-corrected chi connectivity index (χ1v) is 10.9. The van der Waals surface area contributed by atoms with Crippen molar-refractivity contribution in [1.82, 2.24) is 25.2 Å². The second kappa shape index (κ2) is 8.82. The number of halogens is 1.